The molecule has 5 heteroatoms. The van der Waals surface area contributed by atoms with Crippen molar-refractivity contribution in [1.82, 2.24) is 4.90 Å². The molecule has 2 aliphatic rings. The maximum Gasteiger partial charge on any atom is 0.0995 e. The van der Waals surface area contributed by atoms with Gasteiger partial charge in [-0.2, -0.15) is 0 Å². The Kier molecular flexibility index (Phi) is 4.05. The second-order valence-electron chi connectivity index (χ2n) is 5.63. The number of aliphatic hydroxyl groups excluding tert-OH is 3. The van der Waals surface area contributed by atoms with Gasteiger partial charge >= 0.3 is 0 Å². The number of nitrogens with zero attached hydrogens (tertiary/aromatic N) is 1. The molecule has 3 rings (SSSR count). The van der Waals surface area contributed by atoms with E-state index in [9.17, 15) is 15.3 Å². The van der Waals surface area contributed by atoms with Gasteiger partial charge in [-0.1, -0.05) is 30.3 Å². The fourth-order valence-corrected chi connectivity index (χ4v) is 3.32. The van der Waals surface area contributed by atoms with Gasteiger partial charge in [-0.15, -0.1) is 0 Å². The third kappa shape index (κ3) is 2.47. The standard InChI is InChI=1S/C15H21NO4/c17-12-6-7-16-11(14(18)15(19)13(12)16)9-20-8-10-4-2-1-3-5-10/h1-5,11-15,17-19H,6-9H2/t11-,12-,13-,14-,15+/m1/s1. The van der Waals surface area contributed by atoms with Gasteiger partial charge in [-0.3, -0.25) is 4.90 Å². The van der Waals surface area contributed by atoms with E-state index < -0.39 is 18.3 Å². The molecule has 0 spiro atoms. The van der Waals surface area contributed by atoms with Gasteiger partial charge in [0.2, 0.25) is 0 Å². The van der Waals surface area contributed by atoms with Gasteiger partial charge in [-0.25, -0.2) is 0 Å². The van der Waals surface area contributed by atoms with Crippen LogP contribution in [-0.4, -0.2) is 63.8 Å². The molecule has 0 radical (unpaired) electrons. The molecular formula is C15H21NO4. The Morgan fingerprint density at radius 2 is 1.85 bits per heavy atom. The monoisotopic (exact) mass is 279 g/mol. The normalized spacial score (nSPS) is 37.2. The number of aliphatic hydroxyl groups is 3. The number of ether oxygens (including phenoxy) is 1. The van der Waals surface area contributed by atoms with Gasteiger partial charge in [0.25, 0.3) is 0 Å². The van der Waals surface area contributed by atoms with E-state index in [0.29, 0.717) is 26.2 Å². The van der Waals surface area contributed by atoms with Crippen molar-refractivity contribution in [2.75, 3.05) is 13.2 Å². The van der Waals surface area contributed by atoms with Crippen LogP contribution in [0.4, 0.5) is 0 Å². The highest BCUT2D eigenvalue weighted by Crippen LogP contribution is 2.33. The predicted octanol–water partition coefficient (Wildman–Crippen LogP) is -0.258. The lowest BCUT2D eigenvalue weighted by Gasteiger charge is -2.24. The number of benzene rings is 1. The van der Waals surface area contributed by atoms with Crippen LogP contribution in [0.1, 0.15) is 12.0 Å². The zero-order valence-electron chi connectivity index (χ0n) is 11.3. The second-order valence-corrected chi connectivity index (χ2v) is 5.63. The highest BCUT2D eigenvalue weighted by Gasteiger charge is 2.53. The molecule has 0 bridgehead atoms. The summed E-state index contributed by atoms with van der Waals surface area (Å²) in [5.41, 5.74) is 1.08. The molecule has 110 valence electrons. The predicted molar refractivity (Wildman–Crippen MR) is 73.0 cm³/mol. The molecule has 2 fully saturated rings. The lowest BCUT2D eigenvalue weighted by molar-refractivity contribution is -0.0103. The Labute approximate surface area is 118 Å². The van der Waals surface area contributed by atoms with E-state index in [0.717, 1.165) is 5.56 Å². The SMILES string of the molecule is O[C@@H]1[C@H](O)[C@@H](COCc2ccccc2)N2CC[C@@H](O)[C@H]12. The van der Waals surface area contributed by atoms with E-state index in [4.69, 9.17) is 4.74 Å². The summed E-state index contributed by atoms with van der Waals surface area (Å²) >= 11 is 0. The minimum absolute atomic E-state index is 0.240. The molecule has 0 unspecified atom stereocenters. The molecule has 2 aliphatic heterocycles. The first-order valence-electron chi connectivity index (χ1n) is 7.10. The van der Waals surface area contributed by atoms with Gasteiger partial charge in [0, 0.05) is 6.54 Å². The van der Waals surface area contributed by atoms with Crippen molar-refractivity contribution in [3.63, 3.8) is 0 Å². The zero-order chi connectivity index (χ0) is 14.1. The summed E-state index contributed by atoms with van der Waals surface area (Å²) in [7, 11) is 0. The summed E-state index contributed by atoms with van der Waals surface area (Å²) < 4.78 is 5.67. The molecule has 5 nitrogen and oxygen atoms in total. The van der Waals surface area contributed by atoms with E-state index in [2.05, 4.69) is 0 Å². The summed E-state index contributed by atoms with van der Waals surface area (Å²) in [6.45, 7) is 1.54. The van der Waals surface area contributed by atoms with E-state index in [1.165, 1.54) is 0 Å². The van der Waals surface area contributed by atoms with Crippen LogP contribution in [0.15, 0.2) is 30.3 Å². The maximum atomic E-state index is 10.1. The highest BCUT2D eigenvalue weighted by molar-refractivity contribution is 5.13. The first-order valence-corrected chi connectivity index (χ1v) is 7.10. The van der Waals surface area contributed by atoms with Gasteiger partial charge in [0.05, 0.1) is 43.6 Å². The largest absolute Gasteiger partial charge is 0.391 e. The fraction of sp³-hybridized carbons (Fsp3) is 0.600. The number of hydrogen-bond acceptors (Lipinski definition) is 5. The summed E-state index contributed by atoms with van der Waals surface area (Å²) in [5.74, 6) is 0. The average Bonchev–Trinajstić information content (AvgIpc) is 2.94. The summed E-state index contributed by atoms with van der Waals surface area (Å²) in [4.78, 5) is 1.98. The molecule has 1 aromatic carbocycles. The molecular weight excluding hydrogens is 258 g/mol. The molecule has 2 saturated heterocycles. The summed E-state index contributed by atoms with van der Waals surface area (Å²) in [6.07, 6.45) is -1.66. The molecule has 0 aromatic heterocycles. The highest BCUT2D eigenvalue weighted by atomic mass is 16.5. The first kappa shape index (κ1) is 14.0. The van der Waals surface area contributed by atoms with E-state index >= 15 is 0 Å². The van der Waals surface area contributed by atoms with Crippen LogP contribution >= 0.6 is 0 Å². The third-order valence-electron chi connectivity index (χ3n) is 4.38. The molecule has 1 aromatic rings. The van der Waals surface area contributed by atoms with Crippen molar-refractivity contribution < 1.29 is 20.1 Å². The van der Waals surface area contributed by atoms with Gasteiger partial charge in [0.15, 0.2) is 0 Å². The minimum atomic E-state index is -0.891. The van der Waals surface area contributed by atoms with Crippen molar-refractivity contribution in [1.29, 1.82) is 0 Å². The number of hydrogen-bond donors (Lipinski definition) is 3. The topological polar surface area (TPSA) is 73.2 Å². The van der Waals surface area contributed by atoms with Crippen LogP contribution in [0.3, 0.4) is 0 Å². The molecule has 3 N–H and O–H groups in total. The van der Waals surface area contributed by atoms with Crippen molar-refractivity contribution in [3.05, 3.63) is 35.9 Å². The maximum absolute atomic E-state index is 10.1. The molecule has 0 amide bonds. The van der Waals surface area contributed by atoms with Gasteiger partial charge in [-0.05, 0) is 12.0 Å². The van der Waals surface area contributed by atoms with Crippen molar-refractivity contribution in [3.8, 4) is 0 Å². The number of fused-ring (bicyclic) bond motifs is 1. The lowest BCUT2D eigenvalue weighted by atomic mass is 10.0. The average molecular weight is 279 g/mol. The van der Waals surface area contributed by atoms with Crippen molar-refractivity contribution in [2.24, 2.45) is 0 Å². The van der Waals surface area contributed by atoms with Crippen LogP contribution in [0, 0.1) is 0 Å². The van der Waals surface area contributed by atoms with Crippen LogP contribution in [0.5, 0.6) is 0 Å². The quantitative estimate of drug-likeness (QED) is 0.708. The third-order valence-corrected chi connectivity index (χ3v) is 4.38. The minimum Gasteiger partial charge on any atom is -0.391 e. The Balaban J connectivity index is 1.57. The first-order chi connectivity index (χ1) is 9.68. The molecule has 5 atom stereocenters. The lowest BCUT2D eigenvalue weighted by Crippen LogP contribution is -2.40. The van der Waals surface area contributed by atoms with E-state index in [1.807, 2.05) is 35.2 Å². The molecule has 0 aliphatic carbocycles. The zero-order valence-corrected chi connectivity index (χ0v) is 11.3. The molecule has 2 heterocycles. The Morgan fingerprint density at radius 3 is 2.60 bits per heavy atom. The molecule has 0 saturated carbocycles. The molecule has 20 heavy (non-hydrogen) atoms. The van der Waals surface area contributed by atoms with Crippen LogP contribution < -0.4 is 0 Å². The van der Waals surface area contributed by atoms with E-state index in [-0.39, 0.29) is 12.1 Å². The fourth-order valence-electron chi connectivity index (χ4n) is 3.32. The van der Waals surface area contributed by atoms with Crippen LogP contribution in [-0.2, 0) is 11.3 Å². The Morgan fingerprint density at radius 1 is 1.10 bits per heavy atom. The van der Waals surface area contributed by atoms with Gasteiger partial charge in [0.1, 0.15) is 0 Å². The van der Waals surface area contributed by atoms with Crippen LogP contribution in [0.2, 0.25) is 0 Å². The van der Waals surface area contributed by atoms with Crippen molar-refractivity contribution in [2.45, 2.75) is 43.4 Å². The Bertz CT molecular complexity index is 441. The number of rotatable bonds is 4. The van der Waals surface area contributed by atoms with Crippen LogP contribution in [0.25, 0.3) is 0 Å². The summed E-state index contributed by atoms with van der Waals surface area (Å²) in [6, 6.07) is 9.26. The van der Waals surface area contributed by atoms with E-state index in [1.54, 1.807) is 0 Å². The second kappa shape index (κ2) is 5.79. The smallest absolute Gasteiger partial charge is 0.0995 e. The summed E-state index contributed by atoms with van der Waals surface area (Å²) in [5, 5.41) is 30.0. The van der Waals surface area contributed by atoms with Gasteiger partial charge < -0.3 is 20.1 Å². The Hall–Kier alpha value is -0.980. The van der Waals surface area contributed by atoms with Crippen molar-refractivity contribution >= 4 is 0 Å².